The van der Waals surface area contributed by atoms with Crippen molar-refractivity contribution < 1.29 is 9.53 Å². The van der Waals surface area contributed by atoms with E-state index in [0.717, 1.165) is 21.3 Å². The van der Waals surface area contributed by atoms with Crippen LogP contribution in [0.1, 0.15) is 22.1 Å². The van der Waals surface area contributed by atoms with Crippen LogP contribution < -0.4 is 4.74 Å². The molecule has 1 atom stereocenters. The number of hydrogen-bond donors (Lipinski definition) is 1. The molecule has 0 spiro atoms. The first kappa shape index (κ1) is 19.1. The third-order valence-corrected chi connectivity index (χ3v) is 6.63. The van der Waals surface area contributed by atoms with Gasteiger partial charge in [0.25, 0.3) is 0 Å². The van der Waals surface area contributed by atoms with Crippen LogP contribution in [0, 0.1) is 5.41 Å². The number of allylic oxidation sites excluding steroid dienone is 1. The maximum atomic E-state index is 12.7. The minimum atomic E-state index is -0.562. The normalized spacial score (nSPS) is 18.0. The monoisotopic (exact) mass is 470 g/mol. The molecule has 1 N–H and O–H groups in total. The molecule has 28 heavy (non-hydrogen) atoms. The summed E-state index contributed by atoms with van der Waals surface area (Å²) in [6, 6.07) is 15.7. The van der Waals surface area contributed by atoms with E-state index in [4.69, 9.17) is 10.1 Å². The van der Waals surface area contributed by atoms with Gasteiger partial charge in [-0.2, -0.15) is 0 Å². The van der Waals surface area contributed by atoms with E-state index in [1.807, 2.05) is 60.0 Å². The van der Waals surface area contributed by atoms with Crippen LogP contribution in [0.15, 0.2) is 69.5 Å². The van der Waals surface area contributed by atoms with Gasteiger partial charge in [-0.25, -0.2) is 4.98 Å². The summed E-state index contributed by atoms with van der Waals surface area (Å²) in [7, 11) is 0. The molecule has 0 radical (unpaired) electrons. The van der Waals surface area contributed by atoms with Gasteiger partial charge < -0.3 is 4.74 Å². The van der Waals surface area contributed by atoms with Gasteiger partial charge in [-0.1, -0.05) is 48.2 Å². The lowest BCUT2D eigenvalue weighted by Gasteiger charge is -2.09. The lowest BCUT2D eigenvalue weighted by Crippen LogP contribution is -2.11. The molecule has 2 heterocycles. The maximum absolute atomic E-state index is 12.7. The SMILES string of the molecule is N=C1S/C(=C\c2ccc(OCc3ccccc3)c(Br)c2)C(=O)[C@H]1c1nccs1. The fourth-order valence-electron chi connectivity index (χ4n) is 2.80. The molecule has 3 aromatic rings. The van der Waals surface area contributed by atoms with Crippen molar-refractivity contribution in [3.05, 3.63) is 85.6 Å². The zero-order chi connectivity index (χ0) is 19.5. The molecule has 4 rings (SSSR count). The number of thiazole rings is 1. The fraction of sp³-hybridized carbons (Fsp3) is 0.0952. The Morgan fingerprint density at radius 1 is 1.21 bits per heavy atom. The number of benzene rings is 2. The summed E-state index contributed by atoms with van der Waals surface area (Å²) in [5.74, 6) is 0.114. The van der Waals surface area contributed by atoms with E-state index in [9.17, 15) is 4.79 Å². The Kier molecular flexibility index (Phi) is 5.75. The molecule has 7 heteroatoms. The van der Waals surface area contributed by atoms with Gasteiger partial charge >= 0.3 is 0 Å². The molecule has 0 aliphatic carbocycles. The van der Waals surface area contributed by atoms with Crippen molar-refractivity contribution in [3.8, 4) is 5.75 Å². The van der Waals surface area contributed by atoms with E-state index in [-0.39, 0.29) is 5.78 Å². The van der Waals surface area contributed by atoms with E-state index in [0.29, 0.717) is 21.6 Å². The summed E-state index contributed by atoms with van der Waals surface area (Å²) >= 11 is 6.16. The van der Waals surface area contributed by atoms with Gasteiger partial charge in [-0.3, -0.25) is 10.2 Å². The molecule has 4 nitrogen and oxygen atoms in total. The Morgan fingerprint density at radius 3 is 2.75 bits per heavy atom. The average Bonchev–Trinajstić information content (AvgIpc) is 3.30. The third kappa shape index (κ3) is 4.11. The number of nitrogens with one attached hydrogen (secondary N) is 1. The molecule has 2 aromatic carbocycles. The Morgan fingerprint density at radius 2 is 2.04 bits per heavy atom. The highest BCUT2D eigenvalue weighted by Crippen LogP contribution is 2.41. The van der Waals surface area contributed by atoms with Gasteiger partial charge in [-0.15, -0.1) is 11.3 Å². The number of ketones is 1. The van der Waals surface area contributed by atoms with E-state index in [2.05, 4.69) is 20.9 Å². The largest absolute Gasteiger partial charge is 0.488 e. The predicted octanol–water partition coefficient (Wildman–Crippen LogP) is 5.90. The molecule has 1 aromatic heterocycles. The highest BCUT2D eigenvalue weighted by atomic mass is 79.9. The summed E-state index contributed by atoms with van der Waals surface area (Å²) < 4.78 is 6.69. The molecule has 0 amide bonds. The number of halogens is 1. The molecule has 0 unspecified atom stereocenters. The predicted molar refractivity (Wildman–Crippen MR) is 118 cm³/mol. The van der Waals surface area contributed by atoms with Crippen LogP contribution in [0.5, 0.6) is 5.75 Å². The van der Waals surface area contributed by atoms with Crippen molar-refractivity contribution >= 4 is 55.9 Å². The molecule has 1 fully saturated rings. The lowest BCUT2D eigenvalue weighted by molar-refractivity contribution is -0.114. The van der Waals surface area contributed by atoms with Crippen molar-refractivity contribution in [2.75, 3.05) is 0 Å². The third-order valence-electron chi connectivity index (χ3n) is 4.18. The highest BCUT2D eigenvalue weighted by molar-refractivity contribution is 9.10. The first-order chi connectivity index (χ1) is 13.6. The van der Waals surface area contributed by atoms with Crippen LogP contribution in [0.4, 0.5) is 0 Å². The highest BCUT2D eigenvalue weighted by Gasteiger charge is 2.38. The van der Waals surface area contributed by atoms with Gasteiger partial charge in [0.2, 0.25) is 0 Å². The number of Topliss-reactive ketones (excluding diaryl/α,β-unsaturated/α-hetero) is 1. The second-order valence-electron chi connectivity index (χ2n) is 6.11. The number of carbonyl (C=O) groups excluding carboxylic acids is 1. The Hall–Kier alpha value is -2.22. The molecule has 1 saturated heterocycles. The van der Waals surface area contributed by atoms with Crippen LogP contribution in [-0.4, -0.2) is 15.8 Å². The van der Waals surface area contributed by atoms with Crippen LogP contribution in [0.3, 0.4) is 0 Å². The van der Waals surface area contributed by atoms with Gasteiger partial charge in [0.15, 0.2) is 5.78 Å². The van der Waals surface area contributed by atoms with Crippen molar-refractivity contribution in [1.29, 1.82) is 5.41 Å². The number of hydrogen-bond acceptors (Lipinski definition) is 6. The zero-order valence-electron chi connectivity index (χ0n) is 14.6. The molecular formula is C21H15BrN2O2S2. The van der Waals surface area contributed by atoms with Crippen molar-refractivity contribution in [3.63, 3.8) is 0 Å². The Bertz CT molecular complexity index is 1050. The smallest absolute Gasteiger partial charge is 0.186 e. The number of thioether (sulfide) groups is 1. The molecule has 1 aliphatic heterocycles. The van der Waals surface area contributed by atoms with Crippen LogP contribution in [-0.2, 0) is 11.4 Å². The van der Waals surface area contributed by atoms with Gasteiger partial charge in [0.1, 0.15) is 23.3 Å². The van der Waals surface area contributed by atoms with Crippen LogP contribution >= 0.6 is 39.0 Å². The number of aromatic nitrogens is 1. The van der Waals surface area contributed by atoms with Crippen molar-refractivity contribution in [1.82, 2.24) is 4.98 Å². The molecule has 0 bridgehead atoms. The van der Waals surface area contributed by atoms with Gasteiger partial charge in [0.05, 0.1) is 14.4 Å². The van der Waals surface area contributed by atoms with Crippen molar-refractivity contribution in [2.45, 2.75) is 12.5 Å². The minimum Gasteiger partial charge on any atom is -0.488 e. The quantitative estimate of drug-likeness (QED) is 0.471. The first-order valence-electron chi connectivity index (χ1n) is 8.49. The van der Waals surface area contributed by atoms with E-state index < -0.39 is 5.92 Å². The number of nitrogens with zero attached hydrogens (tertiary/aromatic N) is 1. The van der Waals surface area contributed by atoms with Gasteiger partial charge in [-0.05, 0) is 45.3 Å². The summed E-state index contributed by atoms with van der Waals surface area (Å²) in [4.78, 5) is 17.5. The van der Waals surface area contributed by atoms with Crippen LogP contribution in [0.2, 0.25) is 0 Å². The topological polar surface area (TPSA) is 63.0 Å². The maximum Gasteiger partial charge on any atom is 0.186 e. The molecular weight excluding hydrogens is 456 g/mol. The molecule has 0 saturated carbocycles. The number of rotatable bonds is 5. The summed E-state index contributed by atoms with van der Waals surface area (Å²) in [6.45, 7) is 0.487. The first-order valence-corrected chi connectivity index (χ1v) is 11.0. The second kappa shape index (κ2) is 8.43. The molecule has 140 valence electrons. The lowest BCUT2D eigenvalue weighted by atomic mass is 10.1. The van der Waals surface area contributed by atoms with Gasteiger partial charge in [0, 0.05) is 11.6 Å². The van der Waals surface area contributed by atoms with E-state index in [1.165, 1.54) is 23.1 Å². The summed E-state index contributed by atoms with van der Waals surface area (Å²) in [5.41, 5.74) is 1.97. The summed E-state index contributed by atoms with van der Waals surface area (Å²) in [5, 5.41) is 11.0. The van der Waals surface area contributed by atoms with Crippen LogP contribution in [0.25, 0.3) is 6.08 Å². The average molecular weight is 471 g/mol. The minimum absolute atomic E-state index is 0.0644. The number of ether oxygens (including phenoxy) is 1. The van der Waals surface area contributed by atoms with E-state index in [1.54, 1.807) is 6.20 Å². The number of carbonyl (C=O) groups is 1. The fourth-order valence-corrected chi connectivity index (χ4v) is 5.12. The standard InChI is InChI=1S/C21H15BrN2O2S2/c22-15-10-14(6-7-16(15)26-12-13-4-2-1-3-5-13)11-17-19(25)18(20(23)28-17)21-24-8-9-27-21/h1-11,18,23H,12H2/b17-11-,23-20?/t18-/m1/s1. The molecule has 1 aliphatic rings. The second-order valence-corrected chi connectivity index (χ2v) is 8.97. The Balaban J connectivity index is 1.50. The van der Waals surface area contributed by atoms with E-state index >= 15 is 0 Å². The van der Waals surface area contributed by atoms with Crippen molar-refractivity contribution in [2.24, 2.45) is 0 Å². The Labute approximate surface area is 179 Å². The zero-order valence-corrected chi connectivity index (χ0v) is 17.8. The summed E-state index contributed by atoms with van der Waals surface area (Å²) in [6.07, 6.45) is 3.49.